The van der Waals surface area contributed by atoms with Crippen LogP contribution in [0.3, 0.4) is 0 Å². The highest BCUT2D eigenvalue weighted by molar-refractivity contribution is 6.32. The smallest absolute Gasteiger partial charge is 0.449 e. The standard InChI is InChI=1S/C12H7ClF3N7O3/c13-7-2-1-3-17-9(7)23-8(26-11(24)25)4-6(19-23)5-22-20-10(18-21-22)12(14,15)16/h1-4H,5H2,(H,24,25). The number of alkyl halides is 3. The third-order valence-electron chi connectivity index (χ3n) is 2.87. The molecule has 3 rings (SSSR count). The summed E-state index contributed by atoms with van der Waals surface area (Å²) in [7, 11) is 0. The van der Waals surface area contributed by atoms with Gasteiger partial charge in [-0.2, -0.15) is 27.7 Å². The summed E-state index contributed by atoms with van der Waals surface area (Å²) in [6, 6.07) is 4.21. The number of rotatable bonds is 4. The molecule has 10 nitrogen and oxygen atoms in total. The molecule has 0 saturated carbocycles. The quantitative estimate of drug-likeness (QED) is 0.673. The average molecular weight is 390 g/mol. The van der Waals surface area contributed by atoms with E-state index < -0.39 is 18.2 Å². The van der Waals surface area contributed by atoms with Gasteiger partial charge < -0.3 is 9.84 Å². The van der Waals surface area contributed by atoms with Gasteiger partial charge in [0.25, 0.3) is 5.82 Å². The molecule has 3 heterocycles. The fourth-order valence-corrected chi connectivity index (χ4v) is 2.10. The van der Waals surface area contributed by atoms with Crippen molar-refractivity contribution in [2.45, 2.75) is 12.7 Å². The lowest BCUT2D eigenvalue weighted by molar-refractivity contribution is -0.145. The van der Waals surface area contributed by atoms with Crippen molar-refractivity contribution in [3.05, 3.63) is 40.9 Å². The summed E-state index contributed by atoms with van der Waals surface area (Å²) in [4.78, 5) is 15.5. The number of halogens is 4. The molecule has 0 aliphatic heterocycles. The second kappa shape index (κ2) is 6.59. The highest BCUT2D eigenvalue weighted by Gasteiger charge is 2.36. The zero-order chi connectivity index (χ0) is 18.9. The first-order valence-electron chi connectivity index (χ1n) is 6.69. The Morgan fingerprint density at radius 3 is 2.73 bits per heavy atom. The van der Waals surface area contributed by atoms with E-state index in [0.29, 0.717) is 4.80 Å². The van der Waals surface area contributed by atoms with Crippen LogP contribution in [0, 0.1) is 0 Å². The summed E-state index contributed by atoms with van der Waals surface area (Å²) in [6.45, 7) is -0.323. The number of nitrogens with zero attached hydrogens (tertiary/aromatic N) is 7. The van der Waals surface area contributed by atoms with Gasteiger partial charge in [-0.1, -0.05) is 11.6 Å². The van der Waals surface area contributed by atoms with Crippen LogP contribution in [0.4, 0.5) is 18.0 Å². The summed E-state index contributed by atoms with van der Waals surface area (Å²) in [6.07, 6.45) is -4.97. The van der Waals surface area contributed by atoms with Gasteiger partial charge >= 0.3 is 12.3 Å². The van der Waals surface area contributed by atoms with Crippen LogP contribution >= 0.6 is 11.6 Å². The van der Waals surface area contributed by atoms with Crippen LogP contribution in [0.25, 0.3) is 5.82 Å². The SMILES string of the molecule is O=C(O)Oc1cc(Cn2nnc(C(F)(F)F)n2)nn1-c1ncccc1Cl. The largest absolute Gasteiger partial charge is 0.512 e. The van der Waals surface area contributed by atoms with E-state index in [2.05, 4.69) is 30.2 Å². The number of carbonyl (C=O) groups is 1. The fraction of sp³-hybridized carbons (Fsp3) is 0.167. The van der Waals surface area contributed by atoms with Crippen molar-refractivity contribution < 1.29 is 27.8 Å². The number of pyridine rings is 1. The number of hydrogen-bond acceptors (Lipinski definition) is 7. The molecule has 0 spiro atoms. The van der Waals surface area contributed by atoms with Gasteiger partial charge in [-0.3, -0.25) is 0 Å². The molecule has 0 radical (unpaired) electrons. The van der Waals surface area contributed by atoms with E-state index in [9.17, 15) is 18.0 Å². The minimum Gasteiger partial charge on any atom is -0.449 e. The maximum absolute atomic E-state index is 12.5. The molecule has 0 unspecified atom stereocenters. The fourth-order valence-electron chi connectivity index (χ4n) is 1.90. The lowest BCUT2D eigenvalue weighted by Crippen LogP contribution is -2.10. The predicted molar refractivity (Wildman–Crippen MR) is 76.9 cm³/mol. The molecule has 0 atom stereocenters. The van der Waals surface area contributed by atoms with Gasteiger partial charge in [0.15, 0.2) is 5.82 Å². The van der Waals surface area contributed by atoms with Gasteiger partial charge in [-0.25, -0.2) is 9.78 Å². The summed E-state index contributed by atoms with van der Waals surface area (Å²) in [5.74, 6) is -1.60. The molecule has 0 aromatic carbocycles. The van der Waals surface area contributed by atoms with E-state index in [1.807, 2.05) is 0 Å². The minimum atomic E-state index is -4.74. The predicted octanol–water partition coefficient (Wildman–Crippen LogP) is 2.03. The van der Waals surface area contributed by atoms with Gasteiger partial charge in [0.05, 0.1) is 10.7 Å². The van der Waals surface area contributed by atoms with Gasteiger partial charge in [0.1, 0.15) is 6.54 Å². The van der Waals surface area contributed by atoms with Crippen LogP contribution in [0.1, 0.15) is 11.5 Å². The number of tetrazole rings is 1. The number of hydrogen-bond donors (Lipinski definition) is 1. The molecule has 0 aliphatic carbocycles. The molecule has 136 valence electrons. The molecule has 0 saturated heterocycles. The zero-order valence-corrected chi connectivity index (χ0v) is 13.2. The molecule has 0 aliphatic rings. The van der Waals surface area contributed by atoms with Crippen molar-refractivity contribution in [1.82, 2.24) is 35.0 Å². The summed E-state index contributed by atoms with van der Waals surface area (Å²) >= 11 is 6.00. The van der Waals surface area contributed by atoms with Crippen molar-refractivity contribution in [3.63, 3.8) is 0 Å². The Kier molecular flexibility index (Phi) is 4.46. The first kappa shape index (κ1) is 17.6. The Morgan fingerprint density at radius 1 is 1.35 bits per heavy atom. The monoisotopic (exact) mass is 389 g/mol. The normalized spacial score (nSPS) is 11.5. The molecular formula is C12H7ClF3N7O3. The third-order valence-corrected chi connectivity index (χ3v) is 3.16. The van der Waals surface area contributed by atoms with Crippen LogP contribution in [-0.2, 0) is 12.7 Å². The first-order valence-corrected chi connectivity index (χ1v) is 7.07. The summed E-state index contributed by atoms with van der Waals surface area (Å²) < 4.78 is 43.1. The molecular weight excluding hydrogens is 383 g/mol. The topological polar surface area (TPSA) is 121 Å². The van der Waals surface area contributed by atoms with E-state index in [-0.39, 0.29) is 29.0 Å². The van der Waals surface area contributed by atoms with Gasteiger partial charge in [-0.05, 0) is 17.3 Å². The minimum absolute atomic E-state index is 0.0687. The second-order valence-corrected chi connectivity index (χ2v) is 5.11. The Morgan fingerprint density at radius 2 is 2.12 bits per heavy atom. The van der Waals surface area contributed by atoms with Crippen molar-refractivity contribution in [3.8, 4) is 11.7 Å². The zero-order valence-electron chi connectivity index (χ0n) is 12.4. The van der Waals surface area contributed by atoms with E-state index in [1.165, 1.54) is 18.3 Å². The Hall–Kier alpha value is -3.22. The van der Waals surface area contributed by atoms with Gasteiger partial charge in [-0.15, -0.1) is 10.2 Å². The highest BCUT2D eigenvalue weighted by Crippen LogP contribution is 2.26. The van der Waals surface area contributed by atoms with Crippen LogP contribution < -0.4 is 4.74 Å². The Labute approximate surface area is 146 Å². The Balaban J connectivity index is 1.95. The van der Waals surface area contributed by atoms with Crippen LogP contribution in [-0.4, -0.2) is 46.2 Å². The maximum Gasteiger partial charge on any atom is 0.512 e. The van der Waals surface area contributed by atoms with E-state index in [4.69, 9.17) is 16.7 Å². The molecule has 1 N–H and O–H groups in total. The van der Waals surface area contributed by atoms with Crippen molar-refractivity contribution in [2.75, 3.05) is 0 Å². The van der Waals surface area contributed by atoms with Gasteiger partial charge in [0.2, 0.25) is 5.88 Å². The molecule has 3 aromatic heterocycles. The lowest BCUT2D eigenvalue weighted by Gasteiger charge is -2.05. The molecule has 0 bridgehead atoms. The van der Waals surface area contributed by atoms with Crippen LogP contribution in [0.5, 0.6) is 5.88 Å². The summed E-state index contributed by atoms with van der Waals surface area (Å²) in [5, 5.41) is 22.4. The number of ether oxygens (including phenoxy) is 1. The van der Waals surface area contributed by atoms with E-state index >= 15 is 0 Å². The molecule has 14 heteroatoms. The number of aromatic nitrogens is 7. The van der Waals surface area contributed by atoms with Crippen molar-refractivity contribution in [2.24, 2.45) is 0 Å². The van der Waals surface area contributed by atoms with Gasteiger partial charge in [0, 0.05) is 12.3 Å². The van der Waals surface area contributed by atoms with Crippen molar-refractivity contribution in [1.29, 1.82) is 0 Å². The number of carboxylic acid groups (broad SMARTS) is 1. The first-order chi connectivity index (χ1) is 12.2. The molecule has 0 fully saturated rings. The lowest BCUT2D eigenvalue weighted by atomic mass is 10.4. The Bertz CT molecular complexity index is 956. The maximum atomic E-state index is 12.5. The van der Waals surface area contributed by atoms with Crippen LogP contribution in [0.15, 0.2) is 24.4 Å². The third kappa shape index (κ3) is 3.72. The highest BCUT2D eigenvalue weighted by atomic mass is 35.5. The molecule has 3 aromatic rings. The van der Waals surface area contributed by atoms with E-state index in [1.54, 1.807) is 6.07 Å². The summed E-state index contributed by atoms with van der Waals surface area (Å²) in [5.41, 5.74) is 0.0918. The van der Waals surface area contributed by atoms with Crippen LogP contribution in [0.2, 0.25) is 5.02 Å². The molecule has 26 heavy (non-hydrogen) atoms. The van der Waals surface area contributed by atoms with E-state index in [0.717, 1.165) is 4.68 Å². The molecule has 0 amide bonds. The average Bonchev–Trinajstić information content (AvgIpc) is 3.15. The second-order valence-electron chi connectivity index (χ2n) is 4.70. The van der Waals surface area contributed by atoms with Crippen molar-refractivity contribution >= 4 is 17.8 Å².